The minimum Gasteiger partial charge on any atom is -0.490 e. The van der Waals surface area contributed by atoms with Crippen LogP contribution >= 0.6 is 11.3 Å². The normalized spacial score (nSPS) is 17.0. The average Bonchev–Trinajstić information content (AvgIpc) is 3.71. The van der Waals surface area contributed by atoms with Crippen molar-refractivity contribution in [3.63, 3.8) is 0 Å². The predicted molar refractivity (Wildman–Crippen MR) is 179 cm³/mol. The van der Waals surface area contributed by atoms with Crippen molar-refractivity contribution < 1.29 is 23.4 Å². The van der Waals surface area contributed by atoms with Crippen molar-refractivity contribution in [1.82, 2.24) is 24.6 Å². The lowest BCUT2D eigenvalue weighted by atomic mass is 9.93. The third-order valence-corrected chi connectivity index (χ3v) is 9.77. The zero-order chi connectivity index (χ0) is 33.0. The molecule has 0 spiro atoms. The molecule has 242 valence electrons. The molecule has 1 amide bonds. The van der Waals surface area contributed by atoms with Gasteiger partial charge >= 0.3 is 0 Å². The molecule has 0 aliphatic carbocycles. The van der Waals surface area contributed by atoms with Crippen molar-refractivity contribution in [3.8, 4) is 39.5 Å². The van der Waals surface area contributed by atoms with E-state index in [1.807, 2.05) is 29.1 Å². The number of likely N-dealkylation sites (N-methyl/N-ethyl adjacent to an activating group) is 1. The lowest BCUT2D eigenvalue weighted by molar-refractivity contribution is -0.127. The fraction of sp³-hybridized carbons (Fsp3) is 0.306. The third-order valence-electron chi connectivity index (χ3n) is 8.84. The molecular formula is C36H35F2N5O3S. The minimum absolute atomic E-state index is 0.0353. The number of aromatic nitrogens is 3. The maximum absolute atomic E-state index is 16.1. The topological polar surface area (TPSA) is 83.7 Å². The number of ether oxygens (including phenoxy) is 1. The first-order valence-corrected chi connectivity index (χ1v) is 16.5. The second kappa shape index (κ2) is 12.3. The SMILES string of the molecule is C=CC(=O)N1Cc2cc(-c3nc(-c4ccc5c(c4)CCN(C)C5)c4ccsc4c3-c3c(F)cc(F)cc3OC[C@@H](C)O)nn2[C@@H](C)C1. The Kier molecular flexibility index (Phi) is 8.15. The molecule has 0 fully saturated rings. The number of rotatable bonds is 7. The van der Waals surface area contributed by atoms with Gasteiger partial charge in [-0.1, -0.05) is 18.7 Å². The Labute approximate surface area is 275 Å². The zero-order valence-corrected chi connectivity index (χ0v) is 27.3. The molecule has 1 N–H and O–H groups in total. The van der Waals surface area contributed by atoms with Gasteiger partial charge in [-0.3, -0.25) is 9.48 Å². The highest BCUT2D eigenvalue weighted by molar-refractivity contribution is 7.18. The highest BCUT2D eigenvalue weighted by Gasteiger charge is 2.30. The van der Waals surface area contributed by atoms with Crippen LogP contribution in [0, 0.1) is 11.6 Å². The molecule has 5 aromatic rings. The van der Waals surface area contributed by atoms with Crippen LogP contribution in [-0.2, 0) is 24.3 Å². The molecule has 0 bridgehead atoms. The van der Waals surface area contributed by atoms with E-state index in [0.717, 1.165) is 58.7 Å². The van der Waals surface area contributed by atoms with Gasteiger partial charge in [0.05, 0.1) is 35.6 Å². The highest BCUT2D eigenvalue weighted by Crippen LogP contribution is 2.47. The molecule has 8 nitrogen and oxygen atoms in total. The Morgan fingerprint density at radius 3 is 2.77 bits per heavy atom. The number of amides is 1. The Hall–Kier alpha value is -4.45. The molecule has 5 heterocycles. The van der Waals surface area contributed by atoms with Gasteiger partial charge < -0.3 is 19.6 Å². The van der Waals surface area contributed by atoms with Gasteiger partial charge in [0.15, 0.2) is 0 Å². The van der Waals surface area contributed by atoms with Crippen molar-refractivity contribution in [1.29, 1.82) is 0 Å². The summed E-state index contributed by atoms with van der Waals surface area (Å²) in [5.74, 6) is -1.81. The largest absolute Gasteiger partial charge is 0.490 e. The maximum atomic E-state index is 16.1. The van der Waals surface area contributed by atoms with Gasteiger partial charge in [0.1, 0.15) is 35.4 Å². The number of fused-ring (bicyclic) bond motifs is 3. The molecule has 0 radical (unpaired) electrons. The fourth-order valence-corrected chi connectivity index (χ4v) is 7.57. The van der Waals surface area contributed by atoms with Crippen LogP contribution < -0.4 is 4.74 Å². The Bertz CT molecular complexity index is 2040. The number of thiophene rings is 1. The summed E-state index contributed by atoms with van der Waals surface area (Å²) in [5, 5.41) is 17.7. The highest BCUT2D eigenvalue weighted by atomic mass is 32.1. The van der Waals surface area contributed by atoms with Crippen molar-refractivity contribution >= 4 is 27.3 Å². The van der Waals surface area contributed by atoms with Crippen LogP contribution in [0.15, 0.2) is 60.5 Å². The molecule has 47 heavy (non-hydrogen) atoms. The summed E-state index contributed by atoms with van der Waals surface area (Å²) in [6.45, 7) is 9.65. The summed E-state index contributed by atoms with van der Waals surface area (Å²) in [5.41, 5.74) is 6.41. The summed E-state index contributed by atoms with van der Waals surface area (Å²) >= 11 is 1.43. The van der Waals surface area contributed by atoms with Crippen LogP contribution in [0.2, 0.25) is 0 Å². The van der Waals surface area contributed by atoms with Crippen LogP contribution in [0.4, 0.5) is 8.78 Å². The Morgan fingerprint density at radius 1 is 1.15 bits per heavy atom. The van der Waals surface area contributed by atoms with Crippen molar-refractivity contribution in [2.45, 2.75) is 45.5 Å². The van der Waals surface area contributed by atoms with Gasteiger partial charge in [-0.15, -0.1) is 11.3 Å². The summed E-state index contributed by atoms with van der Waals surface area (Å²) in [4.78, 5) is 21.8. The molecule has 2 atom stereocenters. The minimum atomic E-state index is -0.859. The Balaban J connectivity index is 1.48. The molecule has 2 aliphatic rings. The van der Waals surface area contributed by atoms with Crippen molar-refractivity contribution in [3.05, 3.63) is 89.0 Å². The molecule has 2 aromatic carbocycles. The van der Waals surface area contributed by atoms with E-state index in [2.05, 4.69) is 36.7 Å². The zero-order valence-electron chi connectivity index (χ0n) is 26.5. The van der Waals surface area contributed by atoms with Crippen molar-refractivity contribution in [2.24, 2.45) is 0 Å². The second-order valence-electron chi connectivity index (χ2n) is 12.5. The van der Waals surface area contributed by atoms with Crippen LogP contribution in [-0.4, -0.2) is 68.4 Å². The van der Waals surface area contributed by atoms with Crippen LogP contribution in [0.5, 0.6) is 5.75 Å². The summed E-state index contributed by atoms with van der Waals surface area (Å²) in [6.07, 6.45) is 1.37. The smallest absolute Gasteiger partial charge is 0.246 e. The van der Waals surface area contributed by atoms with E-state index in [1.54, 1.807) is 11.8 Å². The molecule has 7 rings (SSSR count). The molecule has 2 aliphatic heterocycles. The second-order valence-corrected chi connectivity index (χ2v) is 13.4. The first kappa shape index (κ1) is 31.2. The van der Waals surface area contributed by atoms with Gasteiger partial charge in [-0.25, -0.2) is 13.8 Å². The lowest BCUT2D eigenvalue weighted by Crippen LogP contribution is -2.39. The standard InChI is InChI=1S/C36H35F2N5O3S/c1-5-31(45)42-16-20(2)43-26(18-42)15-29(40-43)35-33(32-28(38)13-25(37)14-30(32)46-19-21(3)44)36-27(9-11-47-36)34(39-35)23-6-7-24-17-41(4)10-8-22(24)12-23/h5-7,9,11-15,20-21,44H,1,8,10,16-19H2,2-4H3/t20-,21+/m0/s1. The van der Waals surface area contributed by atoms with E-state index < -0.39 is 17.7 Å². The van der Waals surface area contributed by atoms with E-state index in [4.69, 9.17) is 14.8 Å². The predicted octanol–water partition coefficient (Wildman–Crippen LogP) is 6.61. The molecule has 0 unspecified atom stereocenters. The molecule has 11 heteroatoms. The van der Waals surface area contributed by atoms with Gasteiger partial charge in [-0.05, 0) is 68.1 Å². The molecule has 0 saturated heterocycles. The van der Waals surface area contributed by atoms with Gasteiger partial charge in [0.2, 0.25) is 5.91 Å². The Morgan fingerprint density at radius 2 is 1.98 bits per heavy atom. The molecular weight excluding hydrogens is 620 g/mol. The number of aliphatic hydroxyl groups excluding tert-OH is 1. The summed E-state index contributed by atoms with van der Waals surface area (Å²) < 4.78 is 39.2. The van der Waals surface area contributed by atoms with Crippen LogP contribution in [0.3, 0.4) is 0 Å². The number of halogens is 2. The quantitative estimate of drug-likeness (QED) is 0.199. The number of carbonyl (C=O) groups excluding carboxylic acids is 1. The van der Waals surface area contributed by atoms with E-state index in [9.17, 15) is 14.3 Å². The first-order chi connectivity index (χ1) is 22.6. The number of aliphatic hydroxyl groups is 1. The number of carbonyl (C=O) groups is 1. The number of nitrogens with zero attached hydrogens (tertiary/aromatic N) is 5. The van der Waals surface area contributed by atoms with Gasteiger partial charge in [-0.2, -0.15) is 5.10 Å². The summed E-state index contributed by atoms with van der Waals surface area (Å²) in [7, 11) is 2.12. The molecule has 0 saturated carbocycles. The first-order valence-electron chi connectivity index (χ1n) is 15.6. The van der Waals surface area contributed by atoms with Crippen LogP contribution in [0.1, 0.15) is 36.7 Å². The molecule has 3 aromatic heterocycles. The fourth-order valence-electron chi connectivity index (χ4n) is 6.62. The monoisotopic (exact) mass is 655 g/mol. The van der Waals surface area contributed by atoms with E-state index in [-0.39, 0.29) is 29.9 Å². The van der Waals surface area contributed by atoms with Gasteiger partial charge in [0.25, 0.3) is 0 Å². The van der Waals surface area contributed by atoms with Crippen LogP contribution in [0.25, 0.3) is 43.9 Å². The number of pyridine rings is 1. The number of hydrogen-bond acceptors (Lipinski definition) is 7. The maximum Gasteiger partial charge on any atom is 0.246 e. The van der Waals surface area contributed by atoms with E-state index in [1.165, 1.54) is 28.5 Å². The van der Waals surface area contributed by atoms with Crippen molar-refractivity contribution in [2.75, 3.05) is 26.7 Å². The third kappa shape index (κ3) is 5.72. The lowest BCUT2D eigenvalue weighted by Gasteiger charge is -2.31. The number of benzene rings is 2. The average molecular weight is 656 g/mol. The van der Waals surface area contributed by atoms with E-state index >= 15 is 4.39 Å². The van der Waals surface area contributed by atoms with Gasteiger partial charge in [0, 0.05) is 53.0 Å². The summed E-state index contributed by atoms with van der Waals surface area (Å²) in [6, 6.07) is 12.1. The number of hydrogen-bond donors (Lipinski definition) is 1. The van der Waals surface area contributed by atoms with E-state index in [0.29, 0.717) is 30.0 Å².